The molecule has 0 saturated carbocycles. The maximum atomic E-state index is 11.8. The van der Waals surface area contributed by atoms with Crippen molar-refractivity contribution in [3.8, 4) is 0 Å². The summed E-state index contributed by atoms with van der Waals surface area (Å²) in [6, 6.07) is 7.52. The summed E-state index contributed by atoms with van der Waals surface area (Å²) in [5.41, 5.74) is 7.40. The molecule has 1 amide bonds. The average Bonchev–Trinajstić information content (AvgIpc) is 2.35. The number of anilines is 1. The van der Waals surface area contributed by atoms with E-state index < -0.39 is 0 Å². The van der Waals surface area contributed by atoms with Gasteiger partial charge in [0.05, 0.1) is 6.61 Å². The quantitative estimate of drug-likeness (QED) is 0.817. The molecule has 2 N–H and O–H groups in total. The van der Waals surface area contributed by atoms with E-state index in [1.165, 1.54) is 0 Å². The molecule has 0 heterocycles. The van der Waals surface area contributed by atoms with Crippen LogP contribution in [0.4, 0.5) is 10.5 Å². The summed E-state index contributed by atoms with van der Waals surface area (Å²) >= 11 is 0. The number of carbonyl (C=O) groups excluding carboxylic acids is 1. The Morgan fingerprint density at radius 1 is 1.33 bits per heavy atom. The lowest BCUT2D eigenvalue weighted by Gasteiger charge is -2.21. The molecule has 0 aliphatic carbocycles. The van der Waals surface area contributed by atoms with Crippen molar-refractivity contribution in [2.75, 3.05) is 18.9 Å². The van der Waals surface area contributed by atoms with Gasteiger partial charge in [-0.3, -0.25) is 0 Å². The summed E-state index contributed by atoms with van der Waals surface area (Å²) in [4.78, 5) is 13.5. The van der Waals surface area contributed by atoms with Crippen LogP contribution < -0.4 is 5.73 Å². The Labute approximate surface area is 109 Å². The average molecular weight is 250 g/mol. The summed E-state index contributed by atoms with van der Waals surface area (Å²) in [6.45, 7) is 7.60. The van der Waals surface area contributed by atoms with Crippen LogP contribution in [0.3, 0.4) is 0 Å². The van der Waals surface area contributed by atoms with Crippen LogP contribution >= 0.6 is 0 Å². The van der Waals surface area contributed by atoms with Gasteiger partial charge in [-0.05, 0) is 30.5 Å². The maximum Gasteiger partial charge on any atom is 0.410 e. The third kappa shape index (κ3) is 4.65. The SMILES string of the molecule is CCN(Cc1ccc(N)cc1)C(=O)OCC(C)C. The third-order valence-electron chi connectivity index (χ3n) is 2.53. The number of benzene rings is 1. The van der Waals surface area contributed by atoms with Gasteiger partial charge in [0.15, 0.2) is 0 Å². The first-order chi connectivity index (χ1) is 8.52. The highest BCUT2D eigenvalue weighted by molar-refractivity contribution is 5.67. The van der Waals surface area contributed by atoms with Crippen LogP contribution in [0.5, 0.6) is 0 Å². The Bertz CT molecular complexity index is 374. The molecule has 0 radical (unpaired) electrons. The van der Waals surface area contributed by atoms with Gasteiger partial charge in [-0.1, -0.05) is 26.0 Å². The summed E-state index contributed by atoms with van der Waals surface area (Å²) in [5.74, 6) is 0.351. The molecule has 1 aromatic rings. The van der Waals surface area contributed by atoms with E-state index >= 15 is 0 Å². The van der Waals surface area contributed by atoms with Crippen molar-refractivity contribution in [3.63, 3.8) is 0 Å². The van der Waals surface area contributed by atoms with Crippen molar-refractivity contribution in [1.82, 2.24) is 4.90 Å². The van der Waals surface area contributed by atoms with Gasteiger partial charge in [-0.25, -0.2) is 4.79 Å². The van der Waals surface area contributed by atoms with Crippen LogP contribution in [0.15, 0.2) is 24.3 Å². The minimum Gasteiger partial charge on any atom is -0.449 e. The second kappa shape index (κ2) is 6.89. The molecule has 0 aliphatic heterocycles. The second-order valence-corrected chi connectivity index (χ2v) is 4.73. The van der Waals surface area contributed by atoms with Gasteiger partial charge in [-0.2, -0.15) is 0 Å². The Morgan fingerprint density at radius 3 is 2.44 bits per heavy atom. The number of nitrogens with zero attached hydrogens (tertiary/aromatic N) is 1. The summed E-state index contributed by atoms with van der Waals surface area (Å²) in [6.07, 6.45) is -0.261. The molecule has 0 bridgehead atoms. The van der Waals surface area contributed by atoms with E-state index in [1.54, 1.807) is 4.90 Å². The molecule has 0 spiro atoms. The molecule has 0 atom stereocenters. The highest BCUT2D eigenvalue weighted by atomic mass is 16.6. The number of rotatable bonds is 5. The molecule has 0 aliphatic rings. The lowest BCUT2D eigenvalue weighted by molar-refractivity contribution is 0.0915. The van der Waals surface area contributed by atoms with Crippen LogP contribution in [0, 0.1) is 5.92 Å². The summed E-state index contributed by atoms with van der Waals surface area (Å²) in [7, 11) is 0. The van der Waals surface area contributed by atoms with E-state index in [0.717, 1.165) is 11.3 Å². The van der Waals surface area contributed by atoms with E-state index in [-0.39, 0.29) is 6.09 Å². The first kappa shape index (κ1) is 14.4. The van der Waals surface area contributed by atoms with Gasteiger partial charge in [0.25, 0.3) is 0 Å². The zero-order valence-corrected chi connectivity index (χ0v) is 11.3. The Balaban J connectivity index is 2.55. The van der Waals surface area contributed by atoms with Crippen molar-refractivity contribution >= 4 is 11.8 Å². The number of hydrogen-bond donors (Lipinski definition) is 1. The fraction of sp³-hybridized carbons (Fsp3) is 0.500. The third-order valence-corrected chi connectivity index (χ3v) is 2.53. The van der Waals surface area contributed by atoms with Crippen LogP contribution in [-0.2, 0) is 11.3 Å². The van der Waals surface area contributed by atoms with Gasteiger partial charge in [0.2, 0.25) is 0 Å². The zero-order valence-electron chi connectivity index (χ0n) is 11.3. The maximum absolute atomic E-state index is 11.8. The number of hydrogen-bond acceptors (Lipinski definition) is 3. The molecule has 0 fully saturated rings. The minimum atomic E-state index is -0.261. The smallest absolute Gasteiger partial charge is 0.410 e. The second-order valence-electron chi connectivity index (χ2n) is 4.73. The standard InChI is InChI=1S/C14H22N2O2/c1-4-16(14(17)18-10-11(2)3)9-12-5-7-13(15)8-6-12/h5-8,11H,4,9-10,15H2,1-3H3. The van der Waals surface area contributed by atoms with Gasteiger partial charge in [-0.15, -0.1) is 0 Å². The number of amides is 1. The van der Waals surface area contributed by atoms with Crippen LogP contribution in [0.25, 0.3) is 0 Å². The fourth-order valence-corrected chi connectivity index (χ4v) is 1.48. The molecular formula is C14H22N2O2. The minimum absolute atomic E-state index is 0.261. The molecule has 18 heavy (non-hydrogen) atoms. The van der Waals surface area contributed by atoms with Crippen molar-refractivity contribution in [2.24, 2.45) is 5.92 Å². The number of nitrogen functional groups attached to an aromatic ring is 1. The monoisotopic (exact) mass is 250 g/mol. The van der Waals surface area contributed by atoms with Crippen LogP contribution in [0.1, 0.15) is 26.3 Å². The molecule has 0 unspecified atom stereocenters. The van der Waals surface area contributed by atoms with E-state index in [1.807, 2.05) is 45.0 Å². The van der Waals surface area contributed by atoms with Gasteiger partial charge in [0, 0.05) is 18.8 Å². The lowest BCUT2D eigenvalue weighted by Crippen LogP contribution is -2.31. The van der Waals surface area contributed by atoms with Crippen molar-refractivity contribution in [1.29, 1.82) is 0 Å². The Hall–Kier alpha value is -1.71. The topological polar surface area (TPSA) is 55.6 Å². The zero-order chi connectivity index (χ0) is 13.5. The first-order valence-electron chi connectivity index (χ1n) is 6.29. The van der Waals surface area contributed by atoms with E-state index in [0.29, 0.717) is 25.6 Å². The van der Waals surface area contributed by atoms with Crippen LogP contribution in [-0.4, -0.2) is 24.1 Å². The van der Waals surface area contributed by atoms with E-state index in [2.05, 4.69) is 0 Å². The predicted molar refractivity (Wildman–Crippen MR) is 73.1 cm³/mol. The van der Waals surface area contributed by atoms with E-state index in [4.69, 9.17) is 10.5 Å². The van der Waals surface area contributed by atoms with Gasteiger partial charge >= 0.3 is 6.09 Å². The fourth-order valence-electron chi connectivity index (χ4n) is 1.48. The molecular weight excluding hydrogens is 228 g/mol. The van der Waals surface area contributed by atoms with Gasteiger partial charge in [0.1, 0.15) is 0 Å². The highest BCUT2D eigenvalue weighted by Crippen LogP contribution is 2.09. The number of nitrogens with two attached hydrogens (primary N) is 1. The molecule has 0 aromatic heterocycles. The summed E-state index contributed by atoms with van der Waals surface area (Å²) in [5, 5.41) is 0. The lowest BCUT2D eigenvalue weighted by atomic mass is 10.2. The van der Waals surface area contributed by atoms with Crippen molar-refractivity contribution in [3.05, 3.63) is 29.8 Å². The van der Waals surface area contributed by atoms with Gasteiger partial charge < -0.3 is 15.4 Å². The number of ether oxygens (including phenoxy) is 1. The Kier molecular flexibility index (Phi) is 5.49. The molecule has 4 heteroatoms. The van der Waals surface area contributed by atoms with Crippen molar-refractivity contribution < 1.29 is 9.53 Å². The molecule has 0 saturated heterocycles. The number of carbonyl (C=O) groups is 1. The predicted octanol–water partition coefficient (Wildman–Crippen LogP) is 2.88. The largest absolute Gasteiger partial charge is 0.449 e. The Morgan fingerprint density at radius 2 is 1.94 bits per heavy atom. The van der Waals surface area contributed by atoms with E-state index in [9.17, 15) is 4.79 Å². The molecule has 1 rings (SSSR count). The normalized spacial score (nSPS) is 10.4. The molecule has 100 valence electrons. The molecule has 4 nitrogen and oxygen atoms in total. The van der Waals surface area contributed by atoms with Crippen molar-refractivity contribution in [2.45, 2.75) is 27.3 Å². The van der Waals surface area contributed by atoms with Crippen LogP contribution in [0.2, 0.25) is 0 Å². The highest BCUT2D eigenvalue weighted by Gasteiger charge is 2.13. The first-order valence-corrected chi connectivity index (χ1v) is 6.29. The molecule has 1 aromatic carbocycles. The summed E-state index contributed by atoms with van der Waals surface area (Å²) < 4.78 is 5.21.